The van der Waals surface area contributed by atoms with E-state index >= 15 is 0 Å². The van der Waals surface area contributed by atoms with Gasteiger partial charge in [0.2, 0.25) is 0 Å². The summed E-state index contributed by atoms with van der Waals surface area (Å²) in [6, 6.07) is 13.0. The molecule has 0 aromatic heterocycles. The van der Waals surface area contributed by atoms with Gasteiger partial charge in [0.1, 0.15) is 0 Å². The molecular formula is C13H10Ir. The van der Waals surface area contributed by atoms with E-state index in [9.17, 15) is 0 Å². The van der Waals surface area contributed by atoms with Gasteiger partial charge in [-0.25, -0.2) is 0 Å². The summed E-state index contributed by atoms with van der Waals surface area (Å²) in [5, 5.41) is 2.80. The second-order valence-electron chi connectivity index (χ2n) is 3.47. The Hall–Kier alpha value is -0.911. The Morgan fingerprint density at radius 2 is 1.71 bits per heavy atom. The zero-order valence-corrected chi connectivity index (χ0v) is 10.1. The normalized spacial score (nSPS) is 12.6. The second kappa shape index (κ2) is 3.68. The fraction of sp³-hybridized carbons (Fsp3) is 0.0769. The van der Waals surface area contributed by atoms with Crippen LogP contribution < -0.4 is 0 Å². The van der Waals surface area contributed by atoms with E-state index in [0.29, 0.717) is 0 Å². The van der Waals surface area contributed by atoms with Crippen LogP contribution in [0.4, 0.5) is 0 Å². The first-order valence-electron chi connectivity index (χ1n) is 4.62. The zero-order valence-electron chi connectivity index (χ0n) is 7.66. The van der Waals surface area contributed by atoms with Gasteiger partial charge in [0.25, 0.3) is 0 Å². The van der Waals surface area contributed by atoms with Crippen LogP contribution in [0.5, 0.6) is 0 Å². The van der Waals surface area contributed by atoms with Gasteiger partial charge in [-0.05, 0) is 28.3 Å². The summed E-state index contributed by atoms with van der Waals surface area (Å²) in [6.45, 7) is 0. The first kappa shape index (κ1) is 9.64. The largest absolute Gasteiger partial charge is 0.0795 e. The molecule has 0 nitrogen and oxygen atoms in total. The Balaban J connectivity index is 0.000000750. The van der Waals surface area contributed by atoms with Crippen molar-refractivity contribution in [3.8, 4) is 0 Å². The van der Waals surface area contributed by atoms with Crippen molar-refractivity contribution in [2.45, 2.75) is 6.42 Å². The molecule has 0 atom stereocenters. The molecule has 1 aliphatic carbocycles. The van der Waals surface area contributed by atoms with Gasteiger partial charge < -0.3 is 0 Å². The Morgan fingerprint density at radius 1 is 0.929 bits per heavy atom. The number of hydrogen-bond acceptors (Lipinski definition) is 0. The second-order valence-corrected chi connectivity index (χ2v) is 3.47. The first-order valence-corrected chi connectivity index (χ1v) is 4.62. The van der Waals surface area contributed by atoms with Crippen LogP contribution in [-0.4, -0.2) is 0 Å². The van der Waals surface area contributed by atoms with E-state index in [0.717, 1.165) is 6.42 Å². The van der Waals surface area contributed by atoms with Gasteiger partial charge in [-0.15, -0.1) is 0 Å². The molecule has 14 heavy (non-hydrogen) atoms. The molecule has 0 heterocycles. The van der Waals surface area contributed by atoms with Crippen molar-refractivity contribution >= 4 is 16.8 Å². The number of allylic oxidation sites excluding steroid dienone is 1. The molecule has 1 aliphatic rings. The van der Waals surface area contributed by atoms with E-state index < -0.39 is 0 Å². The third kappa shape index (κ3) is 1.33. The smallest absolute Gasteiger partial charge is 0 e. The molecule has 0 spiro atoms. The third-order valence-corrected chi connectivity index (χ3v) is 2.66. The Bertz CT molecular complexity index is 492. The van der Waals surface area contributed by atoms with Crippen LogP contribution in [0.1, 0.15) is 11.1 Å². The summed E-state index contributed by atoms with van der Waals surface area (Å²) in [6.07, 6.45) is 5.53. The molecule has 0 unspecified atom stereocenters. The Morgan fingerprint density at radius 3 is 2.57 bits per heavy atom. The number of benzene rings is 2. The van der Waals surface area contributed by atoms with Gasteiger partial charge in [0, 0.05) is 20.1 Å². The number of rotatable bonds is 0. The van der Waals surface area contributed by atoms with Crippen LogP contribution in [0.3, 0.4) is 0 Å². The molecule has 0 amide bonds. The Kier molecular flexibility index (Phi) is 2.54. The van der Waals surface area contributed by atoms with Gasteiger partial charge >= 0.3 is 0 Å². The fourth-order valence-electron chi connectivity index (χ4n) is 2.07. The first-order chi connectivity index (χ1) is 6.45. The molecule has 0 N–H and O–H groups in total. The molecule has 0 aliphatic heterocycles. The monoisotopic (exact) mass is 359 g/mol. The molecule has 2 aromatic rings. The average Bonchev–Trinajstić information content (AvgIpc) is 2.19. The predicted octanol–water partition coefficient (Wildman–Crippen LogP) is 3.41. The van der Waals surface area contributed by atoms with Crippen LogP contribution in [-0.2, 0) is 26.5 Å². The topological polar surface area (TPSA) is 0 Å². The van der Waals surface area contributed by atoms with E-state index in [2.05, 4.69) is 48.6 Å². The van der Waals surface area contributed by atoms with Crippen molar-refractivity contribution in [2.24, 2.45) is 0 Å². The minimum atomic E-state index is 0. The molecule has 1 heteroatoms. The standard InChI is InChI=1S/C13H10.Ir/c1-4-10-6-2-8-12-9-3-7-11(5-1)13(10)12;/h1-8H,9H2;. The van der Waals surface area contributed by atoms with E-state index in [1.165, 1.54) is 21.9 Å². The van der Waals surface area contributed by atoms with Crippen LogP contribution in [0, 0.1) is 0 Å². The van der Waals surface area contributed by atoms with Gasteiger partial charge in [-0.3, -0.25) is 0 Å². The molecular weight excluding hydrogens is 348 g/mol. The van der Waals surface area contributed by atoms with E-state index in [1.807, 2.05) is 0 Å². The molecule has 0 saturated heterocycles. The summed E-state index contributed by atoms with van der Waals surface area (Å²) < 4.78 is 0. The fourth-order valence-corrected chi connectivity index (χ4v) is 2.07. The van der Waals surface area contributed by atoms with Gasteiger partial charge in [-0.1, -0.05) is 48.6 Å². The van der Waals surface area contributed by atoms with Crippen molar-refractivity contribution < 1.29 is 20.1 Å². The molecule has 1 radical (unpaired) electrons. The maximum atomic E-state index is 2.23. The SMILES string of the molecule is C1=Cc2cccc3cccc(c23)C1.[Ir]. The minimum absolute atomic E-state index is 0. The van der Waals surface area contributed by atoms with Crippen molar-refractivity contribution in [3.63, 3.8) is 0 Å². The van der Waals surface area contributed by atoms with Crippen molar-refractivity contribution in [1.29, 1.82) is 0 Å². The van der Waals surface area contributed by atoms with Crippen LogP contribution in [0.2, 0.25) is 0 Å². The summed E-state index contributed by atoms with van der Waals surface area (Å²) in [4.78, 5) is 0. The minimum Gasteiger partial charge on any atom is -0.0795 e. The molecule has 0 saturated carbocycles. The van der Waals surface area contributed by atoms with Gasteiger partial charge in [-0.2, -0.15) is 0 Å². The quantitative estimate of drug-likeness (QED) is 0.677. The Labute approximate surface area is 97.0 Å². The maximum Gasteiger partial charge on any atom is 0 e. The molecule has 3 rings (SSSR count). The van der Waals surface area contributed by atoms with E-state index in [-0.39, 0.29) is 20.1 Å². The summed E-state index contributed by atoms with van der Waals surface area (Å²) in [5.41, 5.74) is 2.81. The molecule has 2 aromatic carbocycles. The average molecular weight is 358 g/mol. The summed E-state index contributed by atoms with van der Waals surface area (Å²) >= 11 is 0. The van der Waals surface area contributed by atoms with E-state index in [4.69, 9.17) is 0 Å². The molecule has 0 bridgehead atoms. The summed E-state index contributed by atoms with van der Waals surface area (Å²) in [7, 11) is 0. The number of hydrogen-bond donors (Lipinski definition) is 0. The van der Waals surface area contributed by atoms with Crippen molar-refractivity contribution in [2.75, 3.05) is 0 Å². The van der Waals surface area contributed by atoms with Crippen LogP contribution in [0.25, 0.3) is 16.8 Å². The predicted molar refractivity (Wildman–Crippen MR) is 56.7 cm³/mol. The third-order valence-electron chi connectivity index (χ3n) is 2.66. The van der Waals surface area contributed by atoms with Gasteiger partial charge in [0.15, 0.2) is 0 Å². The van der Waals surface area contributed by atoms with Crippen molar-refractivity contribution in [3.05, 3.63) is 53.6 Å². The van der Waals surface area contributed by atoms with E-state index in [1.54, 1.807) is 0 Å². The van der Waals surface area contributed by atoms with Gasteiger partial charge in [0.05, 0.1) is 0 Å². The molecule has 0 fully saturated rings. The summed E-state index contributed by atoms with van der Waals surface area (Å²) in [5.74, 6) is 0. The van der Waals surface area contributed by atoms with Crippen molar-refractivity contribution in [1.82, 2.24) is 0 Å². The zero-order chi connectivity index (χ0) is 8.67. The maximum absolute atomic E-state index is 2.23. The van der Waals surface area contributed by atoms with Crippen LogP contribution >= 0.6 is 0 Å². The molecule has 71 valence electrons. The van der Waals surface area contributed by atoms with Crippen LogP contribution in [0.15, 0.2) is 42.5 Å².